The SMILES string of the molecule is C/C(=C\COP(=O)(O)OP(=O)(O)O)CC/C=C(\C)COC(=O)c1cccc(C(=O)c2ccccc2)c1. The molecule has 0 aliphatic rings. The van der Waals surface area contributed by atoms with Gasteiger partial charge >= 0.3 is 21.6 Å². The Morgan fingerprint density at radius 1 is 0.861 bits per heavy atom. The van der Waals surface area contributed by atoms with E-state index in [-0.39, 0.29) is 24.6 Å². The first-order chi connectivity index (χ1) is 16.9. The van der Waals surface area contributed by atoms with Gasteiger partial charge in [0.25, 0.3) is 0 Å². The van der Waals surface area contributed by atoms with Gasteiger partial charge in [-0.15, -0.1) is 0 Å². The van der Waals surface area contributed by atoms with E-state index in [4.69, 9.17) is 14.5 Å². The molecule has 2 aromatic carbocycles. The highest BCUT2D eigenvalue weighted by molar-refractivity contribution is 7.60. The number of rotatable bonds is 13. The average molecular weight is 538 g/mol. The number of phosphoric ester groups is 1. The Morgan fingerprint density at radius 2 is 1.50 bits per heavy atom. The zero-order valence-electron chi connectivity index (χ0n) is 19.8. The lowest BCUT2D eigenvalue weighted by molar-refractivity contribution is 0.0539. The summed E-state index contributed by atoms with van der Waals surface area (Å²) in [4.78, 5) is 51.4. The largest absolute Gasteiger partial charge is 0.481 e. The van der Waals surface area contributed by atoms with Crippen LogP contribution in [0.25, 0.3) is 0 Å². The lowest BCUT2D eigenvalue weighted by atomic mass is 10.0. The van der Waals surface area contributed by atoms with Crippen LogP contribution in [-0.2, 0) is 22.7 Å². The number of hydrogen-bond donors (Lipinski definition) is 3. The first-order valence-corrected chi connectivity index (χ1v) is 13.8. The van der Waals surface area contributed by atoms with E-state index in [0.29, 0.717) is 24.0 Å². The highest BCUT2D eigenvalue weighted by atomic mass is 31.3. The molecule has 0 heterocycles. The number of hydrogen-bond acceptors (Lipinski definition) is 7. The highest BCUT2D eigenvalue weighted by Gasteiger charge is 2.31. The molecule has 0 fully saturated rings. The van der Waals surface area contributed by atoms with Crippen molar-refractivity contribution >= 4 is 27.4 Å². The molecule has 10 nitrogen and oxygen atoms in total. The summed E-state index contributed by atoms with van der Waals surface area (Å²) in [6.07, 6.45) is 4.50. The average Bonchev–Trinajstić information content (AvgIpc) is 2.81. The first-order valence-electron chi connectivity index (χ1n) is 10.8. The van der Waals surface area contributed by atoms with Gasteiger partial charge in [0.2, 0.25) is 0 Å². The van der Waals surface area contributed by atoms with Crippen LogP contribution in [0.5, 0.6) is 0 Å². The molecule has 1 atom stereocenters. The van der Waals surface area contributed by atoms with Gasteiger partial charge in [0.15, 0.2) is 5.78 Å². The van der Waals surface area contributed by atoms with Gasteiger partial charge in [-0.05, 0) is 44.4 Å². The van der Waals surface area contributed by atoms with Crippen molar-refractivity contribution in [3.05, 3.63) is 94.6 Å². The molecule has 0 saturated heterocycles. The van der Waals surface area contributed by atoms with Crippen LogP contribution in [0.1, 0.15) is 53.0 Å². The topological polar surface area (TPSA) is 157 Å². The molecule has 0 radical (unpaired) electrons. The number of allylic oxidation sites excluding steroid dienone is 2. The Morgan fingerprint density at radius 3 is 2.17 bits per heavy atom. The Labute approximate surface area is 209 Å². The van der Waals surface area contributed by atoms with E-state index in [2.05, 4.69) is 8.83 Å². The number of esters is 1. The third kappa shape index (κ3) is 10.9. The lowest BCUT2D eigenvalue weighted by Gasteiger charge is -2.11. The van der Waals surface area contributed by atoms with Crippen molar-refractivity contribution in [1.82, 2.24) is 0 Å². The molecule has 2 rings (SSSR count). The molecule has 12 heteroatoms. The van der Waals surface area contributed by atoms with Gasteiger partial charge in [-0.2, -0.15) is 4.31 Å². The molecule has 3 N–H and O–H groups in total. The van der Waals surface area contributed by atoms with E-state index >= 15 is 0 Å². The van der Waals surface area contributed by atoms with Gasteiger partial charge in [-0.3, -0.25) is 9.32 Å². The summed E-state index contributed by atoms with van der Waals surface area (Å²) in [5, 5.41) is 0. The van der Waals surface area contributed by atoms with Crippen molar-refractivity contribution in [2.24, 2.45) is 0 Å². The standard InChI is InChI=1S/C24H28O10P2/c1-18(14-15-33-36(30,31)34-35(27,28)29)8-6-9-19(2)17-32-24(26)22-13-7-12-21(16-22)23(25)20-10-4-3-5-11-20/h3-5,7,9-14,16H,6,8,15,17H2,1-2H3,(H,30,31)(H2,27,28,29)/b18-14+,19-9+. The van der Waals surface area contributed by atoms with Gasteiger partial charge < -0.3 is 19.4 Å². The van der Waals surface area contributed by atoms with Crippen molar-refractivity contribution < 1.29 is 47.0 Å². The minimum absolute atomic E-state index is 0.0645. The first kappa shape index (κ1) is 29.5. The Hall–Kier alpha value is -2.68. The fourth-order valence-corrected chi connectivity index (χ4v) is 4.47. The molecule has 1 unspecified atom stereocenters. The Kier molecular flexibility index (Phi) is 11.1. The number of benzene rings is 2. The lowest BCUT2D eigenvalue weighted by Crippen LogP contribution is -2.09. The van der Waals surface area contributed by atoms with Crippen LogP contribution < -0.4 is 0 Å². The molecule has 0 aliphatic heterocycles. The smallest absolute Gasteiger partial charge is 0.458 e. The van der Waals surface area contributed by atoms with Crippen molar-refractivity contribution in [2.45, 2.75) is 26.7 Å². The quantitative estimate of drug-likeness (QED) is 0.138. The van der Waals surface area contributed by atoms with E-state index in [9.17, 15) is 23.6 Å². The molecule has 0 aliphatic carbocycles. The molecule has 0 amide bonds. The number of phosphoric acid groups is 2. The second-order valence-electron chi connectivity index (χ2n) is 7.83. The fraction of sp³-hybridized carbons (Fsp3) is 0.250. The van der Waals surface area contributed by atoms with Crippen LogP contribution in [0, 0.1) is 0 Å². The van der Waals surface area contributed by atoms with E-state index in [0.717, 1.165) is 11.1 Å². The van der Waals surface area contributed by atoms with Gasteiger partial charge in [-0.1, -0.05) is 60.2 Å². The summed E-state index contributed by atoms with van der Waals surface area (Å²) in [7, 11) is -10.0. The summed E-state index contributed by atoms with van der Waals surface area (Å²) in [5.74, 6) is -0.740. The van der Waals surface area contributed by atoms with Crippen LogP contribution in [0.2, 0.25) is 0 Å². The van der Waals surface area contributed by atoms with Crippen LogP contribution in [0.15, 0.2) is 77.9 Å². The van der Waals surface area contributed by atoms with Crippen molar-refractivity contribution in [3.63, 3.8) is 0 Å². The van der Waals surface area contributed by atoms with Crippen LogP contribution in [-0.4, -0.2) is 39.6 Å². The van der Waals surface area contributed by atoms with Gasteiger partial charge in [0.1, 0.15) is 6.61 Å². The molecule has 2 aromatic rings. The Bertz CT molecular complexity index is 1210. The van der Waals surface area contributed by atoms with E-state index in [1.807, 2.05) is 12.1 Å². The van der Waals surface area contributed by atoms with Crippen LogP contribution in [0.4, 0.5) is 0 Å². The minimum Gasteiger partial charge on any atom is -0.458 e. The normalized spacial score (nSPS) is 14.2. The summed E-state index contributed by atoms with van der Waals surface area (Å²) in [6, 6.07) is 15.1. The predicted molar refractivity (Wildman–Crippen MR) is 132 cm³/mol. The minimum atomic E-state index is -5.15. The van der Waals surface area contributed by atoms with E-state index in [1.165, 1.54) is 12.1 Å². The molecule has 0 saturated carbocycles. The van der Waals surface area contributed by atoms with E-state index in [1.54, 1.807) is 56.3 Å². The van der Waals surface area contributed by atoms with Crippen LogP contribution >= 0.6 is 15.6 Å². The third-order valence-corrected chi connectivity index (χ3v) is 6.89. The molecule has 0 aromatic heterocycles. The zero-order valence-corrected chi connectivity index (χ0v) is 21.6. The van der Waals surface area contributed by atoms with Crippen molar-refractivity contribution in [3.8, 4) is 0 Å². The second-order valence-corrected chi connectivity index (χ2v) is 10.7. The summed E-state index contributed by atoms with van der Waals surface area (Å²) >= 11 is 0. The monoisotopic (exact) mass is 538 g/mol. The number of carbonyl (C=O) groups excluding carboxylic acids is 2. The van der Waals surface area contributed by atoms with Gasteiger partial charge in [0, 0.05) is 11.1 Å². The maximum Gasteiger partial charge on any atom is 0.481 e. The predicted octanol–water partition coefficient (Wildman–Crippen LogP) is 4.97. The third-order valence-electron chi connectivity index (χ3n) is 4.74. The van der Waals surface area contributed by atoms with E-state index < -0.39 is 21.6 Å². The molecule has 0 spiro atoms. The van der Waals surface area contributed by atoms with Crippen molar-refractivity contribution in [1.29, 1.82) is 0 Å². The summed E-state index contributed by atoms with van der Waals surface area (Å²) < 4.78 is 35.5. The van der Waals surface area contributed by atoms with Gasteiger partial charge in [-0.25, -0.2) is 13.9 Å². The molecular weight excluding hydrogens is 510 g/mol. The summed E-state index contributed by atoms with van der Waals surface area (Å²) in [5.41, 5.74) is 2.79. The molecule has 194 valence electrons. The van der Waals surface area contributed by atoms with Crippen LogP contribution in [0.3, 0.4) is 0 Å². The number of carbonyl (C=O) groups is 2. The number of ether oxygens (including phenoxy) is 1. The maximum absolute atomic E-state index is 12.6. The molecular formula is C24H28O10P2. The summed E-state index contributed by atoms with van der Waals surface area (Å²) in [6.45, 7) is 3.25. The zero-order chi connectivity index (χ0) is 26.8. The van der Waals surface area contributed by atoms with Gasteiger partial charge in [0.05, 0.1) is 12.2 Å². The molecule has 36 heavy (non-hydrogen) atoms. The number of ketones is 1. The highest BCUT2D eigenvalue weighted by Crippen LogP contribution is 2.57. The second kappa shape index (κ2) is 13.6. The fourth-order valence-electron chi connectivity index (χ4n) is 2.95. The Balaban J connectivity index is 1.81. The van der Waals surface area contributed by atoms with Crippen molar-refractivity contribution in [2.75, 3.05) is 13.2 Å². The molecule has 0 bridgehead atoms. The maximum atomic E-state index is 12.6.